The van der Waals surface area contributed by atoms with Crippen molar-refractivity contribution in [1.29, 1.82) is 0 Å². The standard InChI is InChI=1S/C14H14N2O3S/c1-11-6-8-13(9-7-11)20(18,19)16-15-10-12-4-2-3-5-14(12)17/h2-10,16-17H,1H3. The van der Waals surface area contributed by atoms with Gasteiger partial charge in [0.2, 0.25) is 0 Å². The Morgan fingerprint density at radius 3 is 2.40 bits per heavy atom. The Morgan fingerprint density at radius 1 is 1.10 bits per heavy atom. The zero-order valence-corrected chi connectivity index (χ0v) is 11.6. The number of hydrazone groups is 1. The van der Waals surface area contributed by atoms with Gasteiger partial charge in [0.15, 0.2) is 0 Å². The van der Waals surface area contributed by atoms with Crippen LogP contribution in [0.5, 0.6) is 5.75 Å². The van der Waals surface area contributed by atoms with Crippen molar-refractivity contribution in [2.45, 2.75) is 11.8 Å². The number of phenols is 1. The zero-order chi connectivity index (χ0) is 14.6. The lowest BCUT2D eigenvalue weighted by atomic mass is 10.2. The number of aryl methyl sites for hydroxylation is 1. The maximum absolute atomic E-state index is 11.9. The van der Waals surface area contributed by atoms with Gasteiger partial charge in [-0.2, -0.15) is 13.5 Å². The summed E-state index contributed by atoms with van der Waals surface area (Å²) in [5.74, 6) is 0.0331. The molecular formula is C14H14N2O3S. The largest absolute Gasteiger partial charge is 0.507 e. The predicted molar refractivity (Wildman–Crippen MR) is 77.2 cm³/mol. The molecule has 0 spiro atoms. The monoisotopic (exact) mass is 290 g/mol. The van der Waals surface area contributed by atoms with Crippen molar-refractivity contribution in [3.63, 3.8) is 0 Å². The first-order valence-electron chi connectivity index (χ1n) is 5.88. The molecule has 0 radical (unpaired) electrons. The van der Waals surface area contributed by atoms with Crippen molar-refractivity contribution < 1.29 is 13.5 Å². The second-order valence-corrected chi connectivity index (χ2v) is 5.89. The van der Waals surface area contributed by atoms with E-state index in [2.05, 4.69) is 9.93 Å². The molecule has 0 fully saturated rings. The van der Waals surface area contributed by atoms with Gasteiger partial charge in [0.1, 0.15) is 5.75 Å². The van der Waals surface area contributed by atoms with Gasteiger partial charge >= 0.3 is 0 Å². The van der Waals surface area contributed by atoms with Gasteiger partial charge in [-0.05, 0) is 31.2 Å². The lowest BCUT2D eigenvalue weighted by Gasteiger charge is -2.03. The molecule has 0 bridgehead atoms. The number of phenolic OH excluding ortho intramolecular Hbond substituents is 1. The molecule has 20 heavy (non-hydrogen) atoms. The third-order valence-corrected chi connectivity index (χ3v) is 3.88. The average molecular weight is 290 g/mol. The van der Waals surface area contributed by atoms with Crippen molar-refractivity contribution in [3.05, 3.63) is 59.7 Å². The molecule has 5 nitrogen and oxygen atoms in total. The minimum Gasteiger partial charge on any atom is -0.507 e. The number of nitrogens with zero attached hydrogens (tertiary/aromatic N) is 1. The molecule has 0 amide bonds. The Kier molecular flexibility index (Phi) is 4.05. The first-order chi connectivity index (χ1) is 9.49. The van der Waals surface area contributed by atoms with Gasteiger partial charge < -0.3 is 5.11 Å². The summed E-state index contributed by atoms with van der Waals surface area (Å²) in [5, 5.41) is 13.2. The van der Waals surface area contributed by atoms with Gasteiger partial charge in [0.25, 0.3) is 10.0 Å². The van der Waals surface area contributed by atoms with E-state index in [1.54, 1.807) is 30.3 Å². The third-order valence-electron chi connectivity index (χ3n) is 2.64. The Hall–Kier alpha value is -2.34. The highest BCUT2D eigenvalue weighted by molar-refractivity contribution is 7.89. The van der Waals surface area contributed by atoms with Crippen LogP contribution in [-0.2, 0) is 10.0 Å². The molecule has 0 aliphatic carbocycles. The third kappa shape index (κ3) is 3.36. The fourth-order valence-corrected chi connectivity index (χ4v) is 2.32. The lowest BCUT2D eigenvalue weighted by molar-refractivity contribution is 0.474. The second kappa shape index (κ2) is 5.75. The maximum Gasteiger partial charge on any atom is 0.276 e. The highest BCUT2D eigenvalue weighted by Crippen LogP contribution is 2.13. The number of rotatable bonds is 4. The molecule has 104 valence electrons. The number of sulfonamides is 1. The number of para-hydroxylation sites is 1. The Balaban J connectivity index is 2.14. The molecule has 2 aromatic rings. The second-order valence-electron chi connectivity index (χ2n) is 4.22. The van der Waals surface area contributed by atoms with Crippen LogP contribution in [0.25, 0.3) is 0 Å². The normalized spacial score (nSPS) is 11.7. The van der Waals surface area contributed by atoms with E-state index in [9.17, 15) is 13.5 Å². The van der Waals surface area contributed by atoms with Crippen LogP contribution < -0.4 is 4.83 Å². The van der Waals surface area contributed by atoms with Crippen LogP contribution in [0.1, 0.15) is 11.1 Å². The van der Waals surface area contributed by atoms with E-state index in [1.807, 2.05) is 6.92 Å². The smallest absolute Gasteiger partial charge is 0.276 e. The number of nitrogens with one attached hydrogen (secondary N) is 1. The molecule has 2 rings (SSSR count). The quantitative estimate of drug-likeness (QED) is 0.668. The van der Waals surface area contributed by atoms with E-state index in [0.717, 1.165) is 5.56 Å². The first-order valence-corrected chi connectivity index (χ1v) is 7.37. The molecule has 0 aliphatic heterocycles. The van der Waals surface area contributed by atoms with Crippen LogP contribution >= 0.6 is 0 Å². The van der Waals surface area contributed by atoms with Crippen molar-refractivity contribution >= 4 is 16.2 Å². The Morgan fingerprint density at radius 2 is 1.75 bits per heavy atom. The van der Waals surface area contributed by atoms with Crippen LogP contribution in [0.4, 0.5) is 0 Å². The number of aromatic hydroxyl groups is 1. The summed E-state index contributed by atoms with van der Waals surface area (Å²) in [7, 11) is -3.69. The van der Waals surface area contributed by atoms with Crippen molar-refractivity contribution in [3.8, 4) is 5.75 Å². The van der Waals surface area contributed by atoms with E-state index in [4.69, 9.17) is 0 Å². The zero-order valence-electron chi connectivity index (χ0n) is 10.8. The van der Waals surface area contributed by atoms with Crippen molar-refractivity contribution in [1.82, 2.24) is 4.83 Å². The molecule has 0 saturated heterocycles. The Bertz CT molecular complexity index is 722. The summed E-state index contributed by atoms with van der Waals surface area (Å²) in [6.07, 6.45) is 1.25. The van der Waals surface area contributed by atoms with Gasteiger partial charge in [-0.3, -0.25) is 0 Å². The fourth-order valence-electron chi connectivity index (χ4n) is 1.53. The van der Waals surface area contributed by atoms with Crippen molar-refractivity contribution in [2.24, 2.45) is 5.10 Å². The van der Waals surface area contributed by atoms with Crippen molar-refractivity contribution in [2.75, 3.05) is 0 Å². The minimum absolute atomic E-state index is 0.0331. The summed E-state index contributed by atoms with van der Waals surface area (Å²) in [6.45, 7) is 1.88. The van der Waals surface area contributed by atoms with Crippen LogP contribution in [0, 0.1) is 6.92 Å². The number of hydrogen-bond donors (Lipinski definition) is 2. The number of hydrogen-bond acceptors (Lipinski definition) is 4. The molecule has 2 aromatic carbocycles. The van der Waals surface area contributed by atoms with E-state index >= 15 is 0 Å². The summed E-state index contributed by atoms with van der Waals surface area (Å²) < 4.78 is 23.9. The SMILES string of the molecule is Cc1ccc(S(=O)(=O)NN=Cc2ccccc2O)cc1. The minimum atomic E-state index is -3.69. The van der Waals surface area contributed by atoms with Gasteiger partial charge in [0.05, 0.1) is 11.1 Å². The highest BCUT2D eigenvalue weighted by Gasteiger charge is 2.11. The first kappa shape index (κ1) is 14.1. The predicted octanol–water partition coefficient (Wildman–Crippen LogP) is 2.01. The molecule has 0 unspecified atom stereocenters. The summed E-state index contributed by atoms with van der Waals surface area (Å²) >= 11 is 0. The average Bonchev–Trinajstić information content (AvgIpc) is 2.41. The molecule has 6 heteroatoms. The highest BCUT2D eigenvalue weighted by atomic mass is 32.2. The van der Waals surface area contributed by atoms with Crippen LogP contribution in [0.2, 0.25) is 0 Å². The van der Waals surface area contributed by atoms with E-state index < -0.39 is 10.0 Å². The molecule has 0 saturated carbocycles. The molecule has 0 atom stereocenters. The summed E-state index contributed by atoms with van der Waals surface area (Å²) in [6, 6.07) is 12.9. The van der Waals surface area contributed by atoms with Gasteiger partial charge in [0, 0.05) is 5.56 Å². The van der Waals surface area contributed by atoms with Gasteiger partial charge in [-0.1, -0.05) is 29.8 Å². The topological polar surface area (TPSA) is 78.8 Å². The summed E-state index contributed by atoms with van der Waals surface area (Å²) in [4.78, 5) is 2.24. The van der Waals surface area contributed by atoms with E-state index in [0.29, 0.717) is 5.56 Å². The fraction of sp³-hybridized carbons (Fsp3) is 0.0714. The number of benzene rings is 2. The lowest BCUT2D eigenvalue weighted by Crippen LogP contribution is -2.18. The van der Waals surface area contributed by atoms with Gasteiger partial charge in [-0.15, -0.1) is 0 Å². The van der Waals surface area contributed by atoms with E-state index in [-0.39, 0.29) is 10.6 Å². The molecule has 2 N–H and O–H groups in total. The Labute approximate surface area is 117 Å². The molecule has 0 aliphatic rings. The van der Waals surface area contributed by atoms with E-state index in [1.165, 1.54) is 24.4 Å². The van der Waals surface area contributed by atoms with Gasteiger partial charge in [-0.25, -0.2) is 4.83 Å². The summed E-state index contributed by atoms with van der Waals surface area (Å²) in [5.41, 5.74) is 1.40. The van der Waals surface area contributed by atoms with Crippen LogP contribution in [0.15, 0.2) is 58.5 Å². The molecule has 0 heterocycles. The maximum atomic E-state index is 11.9. The van der Waals surface area contributed by atoms with Crippen LogP contribution in [0.3, 0.4) is 0 Å². The van der Waals surface area contributed by atoms with Crippen LogP contribution in [-0.4, -0.2) is 19.7 Å². The molecular weight excluding hydrogens is 276 g/mol. The molecule has 0 aromatic heterocycles.